The van der Waals surface area contributed by atoms with Crippen LogP contribution in [0.5, 0.6) is 11.5 Å². The summed E-state index contributed by atoms with van der Waals surface area (Å²) in [4.78, 5) is 0. The van der Waals surface area contributed by atoms with Gasteiger partial charge in [-0.05, 0) is 42.9 Å². The van der Waals surface area contributed by atoms with Crippen molar-refractivity contribution in [2.24, 2.45) is 11.7 Å². The fourth-order valence-electron chi connectivity index (χ4n) is 2.26. The molecule has 1 aromatic carbocycles. The average Bonchev–Trinajstić information content (AvgIpc) is 3.08. The number of ether oxygens (including phenoxy) is 2. The van der Waals surface area contributed by atoms with E-state index in [0.717, 1.165) is 11.5 Å². The van der Waals surface area contributed by atoms with E-state index in [9.17, 15) is 0 Å². The van der Waals surface area contributed by atoms with Crippen LogP contribution in [0.2, 0.25) is 0 Å². The van der Waals surface area contributed by atoms with Gasteiger partial charge in [0.25, 0.3) is 0 Å². The smallest absolute Gasteiger partial charge is 0.160 e. The molecule has 1 fully saturated rings. The first-order valence-corrected chi connectivity index (χ1v) is 5.65. The molecule has 3 heteroatoms. The molecule has 1 aliphatic carbocycles. The lowest BCUT2D eigenvalue weighted by Gasteiger charge is -2.10. The quantitative estimate of drug-likeness (QED) is 0.847. The largest absolute Gasteiger partial charge is 0.493 e. The highest BCUT2D eigenvalue weighted by Crippen LogP contribution is 2.50. The lowest BCUT2D eigenvalue weighted by Crippen LogP contribution is -2.17. The number of methoxy groups -OCH3 is 2. The van der Waals surface area contributed by atoms with Crippen molar-refractivity contribution >= 4 is 0 Å². The second kappa shape index (κ2) is 4.34. The van der Waals surface area contributed by atoms with Gasteiger partial charge in [-0.1, -0.05) is 6.07 Å². The summed E-state index contributed by atoms with van der Waals surface area (Å²) in [6.07, 6.45) is 1.19. The molecule has 88 valence electrons. The van der Waals surface area contributed by atoms with Crippen LogP contribution >= 0.6 is 0 Å². The zero-order chi connectivity index (χ0) is 11.7. The van der Waals surface area contributed by atoms with Gasteiger partial charge in [-0.2, -0.15) is 0 Å². The summed E-state index contributed by atoms with van der Waals surface area (Å²) in [6.45, 7) is 2.07. The molecule has 2 rings (SSSR count). The molecule has 0 radical (unpaired) electrons. The molecule has 2 N–H and O–H groups in total. The van der Waals surface area contributed by atoms with Gasteiger partial charge in [0.2, 0.25) is 0 Å². The number of rotatable bonds is 4. The molecule has 0 aromatic heterocycles. The Kier molecular flexibility index (Phi) is 3.06. The zero-order valence-electron chi connectivity index (χ0n) is 10.1. The van der Waals surface area contributed by atoms with Gasteiger partial charge in [-0.15, -0.1) is 0 Å². The van der Waals surface area contributed by atoms with Gasteiger partial charge in [0, 0.05) is 6.04 Å². The Labute approximate surface area is 96.5 Å². The van der Waals surface area contributed by atoms with Crippen molar-refractivity contribution in [1.29, 1.82) is 0 Å². The summed E-state index contributed by atoms with van der Waals surface area (Å²) in [5.74, 6) is 2.80. The van der Waals surface area contributed by atoms with E-state index in [4.69, 9.17) is 15.2 Å². The third-order valence-corrected chi connectivity index (χ3v) is 3.35. The molecule has 0 unspecified atom stereocenters. The molecule has 16 heavy (non-hydrogen) atoms. The van der Waals surface area contributed by atoms with Crippen molar-refractivity contribution in [3.8, 4) is 11.5 Å². The van der Waals surface area contributed by atoms with E-state index < -0.39 is 0 Å². The highest BCUT2D eigenvalue weighted by Gasteiger charge is 2.40. The monoisotopic (exact) mass is 221 g/mol. The Hall–Kier alpha value is -1.22. The maximum absolute atomic E-state index is 5.90. The van der Waals surface area contributed by atoms with E-state index in [2.05, 4.69) is 19.1 Å². The van der Waals surface area contributed by atoms with Crippen molar-refractivity contribution in [2.45, 2.75) is 25.3 Å². The van der Waals surface area contributed by atoms with Crippen LogP contribution in [0.3, 0.4) is 0 Å². The molecular weight excluding hydrogens is 202 g/mol. The van der Waals surface area contributed by atoms with Crippen molar-refractivity contribution < 1.29 is 9.47 Å². The fourth-order valence-corrected chi connectivity index (χ4v) is 2.26. The van der Waals surface area contributed by atoms with Crippen molar-refractivity contribution in [2.75, 3.05) is 14.2 Å². The normalized spacial score (nSPS) is 25.0. The van der Waals surface area contributed by atoms with E-state index in [1.54, 1.807) is 14.2 Å². The van der Waals surface area contributed by atoms with Crippen LogP contribution < -0.4 is 15.2 Å². The van der Waals surface area contributed by atoms with Gasteiger partial charge in [-0.25, -0.2) is 0 Å². The standard InChI is InChI=1S/C13H19NO2/c1-8(14)10-7-11(10)9-4-5-12(15-2)13(6-9)16-3/h4-6,8,10-11H,7,14H2,1-3H3/t8-,10-,11-/m0/s1. The second-order valence-corrected chi connectivity index (χ2v) is 4.48. The predicted octanol–water partition coefficient (Wildman–Crippen LogP) is 2.15. The molecule has 0 heterocycles. The minimum Gasteiger partial charge on any atom is -0.493 e. The van der Waals surface area contributed by atoms with Gasteiger partial charge < -0.3 is 15.2 Å². The van der Waals surface area contributed by atoms with Crippen LogP contribution in [-0.4, -0.2) is 20.3 Å². The van der Waals surface area contributed by atoms with Gasteiger partial charge >= 0.3 is 0 Å². The number of hydrogen-bond donors (Lipinski definition) is 1. The Bertz CT molecular complexity index is 376. The first-order chi connectivity index (χ1) is 7.67. The summed E-state index contributed by atoms with van der Waals surface area (Å²) in [5.41, 5.74) is 7.20. The average molecular weight is 221 g/mol. The zero-order valence-corrected chi connectivity index (χ0v) is 10.1. The highest BCUT2D eigenvalue weighted by molar-refractivity contribution is 5.45. The highest BCUT2D eigenvalue weighted by atomic mass is 16.5. The maximum atomic E-state index is 5.90. The van der Waals surface area contributed by atoms with Crippen LogP contribution in [0, 0.1) is 5.92 Å². The van der Waals surface area contributed by atoms with Gasteiger partial charge in [0.15, 0.2) is 11.5 Å². The molecule has 0 saturated heterocycles. The SMILES string of the molecule is COc1ccc([C@@H]2C[C@H]2[C@H](C)N)cc1OC. The minimum absolute atomic E-state index is 0.276. The molecule has 0 aliphatic heterocycles. The summed E-state index contributed by atoms with van der Waals surface area (Å²) in [7, 11) is 3.32. The van der Waals surface area contributed by atoms with Gasteiger partial charge in [0.05, 0.1) is 14.2 Å². The molecule has 0 spiro atoms. The van der Waals surface area contributed by atoms with Gasteiger partial charge in [-0.3, -0.25) is 0 Å². The van der Waals surface area contributed by atoms with E-state index in [1.165, 1.54) is 12.0 Å². The van der Waals surface area contributed by atoms with Crippen LogP contribution in [0.4, 0.5) is 0 Å². The van der Waals surface area contributed by atoms with E-state index >= 15 is 0 Å². The maximum Gasteiger partial charge on any atom is 0.160 e. The first-order valence-electron chi connectivity index (χ1n) is 5.65. The lowest BCUT2D eigenvalue weighted by molar-refractivity contribution is 0.354. The summed E-state index contributed by atoms with van der Waals surface area (Å²) in [5, 5.41) is 0. The molecule has 0 amide bonds. The topological polar surface area (TPSA) is 44.5 Å². The van der Waals surface area contributed by atoms with Crippen LogP contribution in [0.1, 0.15) is 24.8 Å². The number of nitrogens with two attached hydrogens (primary N) is 1. The third-order valence-electron chi connectivity index (χ3n) is 3.35. The minimum atomic E-state index is 0.276. The molecule has 1 aliphatic rings. The Morgan fingerprint density at radius 1 is 1.25 bits per heavy atom. The number of hydrogen-bond acceptors (Lipinski definition) is 3. The summed E-state index contributed by atoms with van der Waals surface area (Å²) < 4.78 is 10.5. The molecule has 3 atom stereocenters. The van der Waals surface area contributed by atoms with E-state index in [-0.39, 0.29) is 6.04 Å². The Morgan fingerprint density at radius 3 is 2.44 bits per heavy atom. The van der Waals surface area contributed by atoms with Crippen molar-refractivity contribution in [3.05, 3.63) is 23.8 Å². The van der Waals surface area contributed by atoms with Crippen LogP contribution in [-0.2, 0) is 0 Å². The molecular formula is C13H19NO2. The Morgan fingerprint density at radius 2 is 1.94 bits per heavy atom. The van der Waals surface area contributed by atoms with Gasteiger partial charge in [0.1, 0.15) is 0 Å². The predicted molar refractivity (Wildman–Crippen MR) is 64.0 cm³/mol. The fraction of sp³-hybridized carbons (Fsp3) is 0.538. The summed E-state index contributed by atoms with van der Waals surface area (Å²) in [6, 6.07) is 6.41. The number of benzene rings is 1. The van der Waals surface area contributed by atoms with Crippen molar-refractivity contribution in [1.82, 2.24) is 0 Å². The van der Waals surface area contributed by atoms with Crippen LogP contribution in [0.25, 0.3) is 0 Å². The second-order valence-electron chi connectivity index (χ2n) is 4.48. The third kappa shape index (κ3) is 2.00. The molecule has 1 saturated carbocycles. The molecule has 3 nitrogen and oxygen atoms in total. The molecule has 0 bridgehead atoms. The first kappa shape index (κ1) is 11.3. The van der Waals surface area contributed by atoms with Crippen LogP contribution in [0.15, 0.2) is 18.2 Å². The summed E-state index contributed by atoms with van der Waals surface area (Å²) >= 11 is 0. The molecule has 1 aromatic rings. The lowest BCUT2D eigenvalue weighted by atomic mass is 10.1. The van der Waals surface area contributed by atoms with E-state index in [1.807, 2.05) is 6.07 Å². The van der Waals surface area contributed by atoms with Crippen molar-refractivity contribution in [3.63, 3.8) is 0 Å². The van der Waals surface area contributed by atoms with E-state index in [0.29, 0.717) is 11.8 Å². The Balaban J connectivity index is 2.18.